The van der Waals surface area contributed by atoms with Gasteiger partial charge in [-0.15, -0.1) is 0 Å². The quantitative estimate of drug-likeness (QED) is 0.605. The lowest BCUT2D eigenvalue weighted by molar-refractivity contribution is -0.140. The number of benzene rings is 2. The summed E-state index contributed by atoms with van der Waals surface area (Å²) in [6.07, 6.45) is 3.38. The standard InChI is InChI=1S/C25H25NO6S/c1-16-9-13-19(14-10-16)33(29,30)26-21(18-11-12-18)15-20(17-7-5-4-6-8-17)22(24(27)31-2)23(26)25(28)32-3/h4-10,13-15,18,21H,11-12H2,1-3H3. The van der Waals surface area contributed by atoms with Gasteiger partial charge in [-0.2, -0.15) is 0 Å². The first-order chi connectivity index (χ1) is 15.8. The van der Waals surface area contributed by atoms with E-state index in [-0.39, 0.29) is 22.1 Å². The largest absolute Gasteiger partial charge is 0.465 e. The van der Waals surface area contributed by atoms with Crippen molar-refractivity contribution in [1.29, 1.82) is 0 Å². The van der Waals surface area contributed by atoms with Crippen LogP contribution in [0.15, 0.2) is 76.8 Å². The summed E-state index contributed by atoms with van der Waals surface area (Å²) in [5, 5.41) is 0. The molecule has 0 radical (unpaired) electrons. The number of carbonyl (C=O) groups excluding carboxylic acids is 2. The number of sulfonamides is 1. The number of rotatable bonds is 6. The lowest BCUT2D eigenvalue weighted by Crippen LogP contribution is -2.46. The van der Waals surface area contributed by atoms with E-state index in [9.17, 15) is 18.0 Å². The van der Waals surface area contributed by atoms with E-state index in [0.717, 1.165) is 29.8 Å². The third kappa shape index (κ3) is 4.18. The lowest BCUT2D eigenvalue weighted by atomic mass is 9.89. The lowest BCUT2D eigenvalue weighted by Gasteiger charge is -2.37. The van der Waals surface area contributed by atoms with Crippen molar-refractivity contribution in [2.75, 3.05) is 14.2 Å². The maximum Gasteiger partial charge on any atom is 0.356 e. The second kappa shape index (κ2) is 8.86. The van der Waals surface area contributed by atoms with Gasteiger partial charge < -0.3 is 9.47 Å². The molecular weight excluding hydrogens is 442 g/mol. The number of carbonyl (C=O) groups is 2. The van der Waals surface area contributed by atoms with Crippen LogP contribution in [0.3, 0.4) is 0 Å². The van der Waals surface area contributed by atoms with E-state index in [2.05, 4.69) is 0 Å². The molecule has 4 rings (SSSR count). The van der Waals surface area contributed by atoms with Crippen molar-refractivity contribution in [2.24, 2.45) is 5.92 Å². The molecule has 7 nitrogen and oxygen atoms in total. The smallest absolute Gasteiger partial charge is 0.356 e. The number of esters is 2. The van der Waals surface area contributed by atoms with Crippen LogP contribution in [0.5, 0.6) is 0 Å². The zero-order valence-electron chi connectivity index (χ0n) is 18.6. The first kappa shape index (κ1) is 22.8. The summed E-state index contributed by atoms with van der Waals surface area (Å²) in [6, 6.07) is 14.8. The summed E-state index contributed by atoms with van der Waals surface area (Å²) in [7, 11) is -1.84. The highest BCUT2D eigenvalue weighted by atomic mass is 32.2. The molecule has 1 aliphatic carbocycles. The Morgan fingerprint density at radius 3 is 2.06 bits per heavy atom. The molecule has 0 bridgehead atoms. The Balaban J connectivity index is 2.01. The van der Waals surface area contributed by atoms with Crippen molar-refractivity contribution >= 4 is 27.5 Å². The minimum absolute atomic E-state index is 0.0165. The van der Waals surface area contributed by atoms with Gasteiger partial charge in [-0.3, -0.25) is 4.31 Å². The van der Waals surface area contributed by atoms with Gasteiger partial charge in [-0.1, -0.05) is 54.1 Å². The monoisotopic (exact) mass is 467 g/mol. The van der Waals surface area contributed by atoms with Gasteiger partial charge in [-0.25, -0.2) is 18.0 Å². The molecule has 1 fully saturated rings. The third-order valence-electron chi connectivity index (χ3n) is 5.87. The van der Waals surface area contributed by atoms with Crippen LogP contribution >= 0.6 is 0 Å². The maximum absolute atomic E-state index is 13.9. The van der Waals surface area contributed by atoms with Crippen LogP contribution in [0.4, 0.5) is 0 Å². The molecule has 0 saturated heterocycles. The van der Waals surface area contributed by atoms with Crippen molar-refractivity contribution in [2.45, 2.75) is 30.7 Å². The summed E-state index contributed by atoms with van der Waals surface area (Å²) in [5.41, 5.74) is 1.57. The summed E-state index contributed by atoms with van der Waals surface area (Å²) in [5.74, 6) is -1.72. The molecule has 0 amide bonds. The van der Waals surface area contributed by atoms with Crippen LogP contribution < -0.4 is 0 Å². The second-order valence-electron chi connectivity index (χ2n) is 8.10. The van der Waals surface area contributed by atoms with Crippen molar-refractivity contribution in [3.8, 4) is 0 Å². The fraction of sp³-hybridized carbons (Fsp3) is 0.280. The van der Waals surface area contributed by atoms with Crippen molar-refractivity contribution in [3.63, 3.8) is 0 Å². The molecule has 1 heterocycles. The average Bonchev–Trinajstić information content (AvgIpc) is 3.68. The molecule has 2 aliphatic rings. The predicted octanol–water partition coefficient (Wildman–Crippen LogP) is 3.46. The molecule has 2 aromatic carbocycles. The predicted molar refractivity (Wildman–Crippen MR) is 122 cm³/mol. The summed E-state index contributed by atoms with van der Waals surface area (Å²) in [4.78, 5) is 26.1. The molecule has 33 heavy (non-hydrogen) atoms. The van der Waals surface area contributed by atoms with Gasteiger partial charge >= 0.3 is 11.9 Å². The Bertz CT molecular complexity index is 1240. The molecule has 1 aliphatic heterocycles. The van der Waals surface area contributed by atoms with E-state index in [1.807, 2.05) is 25.1 Å². The number of hydrogen-bond acceptors (Lipinski definition) is 6. The third-order valence-corrected chi connectivity index (χ3v) is 7.68. The minimum atomic E-state index is -4.20. The minimum Gasteiger partial charge on any atom is -0.465 e. The van der Waals surface area contributed by atoms with Gasteiger partial charge in [0.15, 0.2) is 5.70 Å². The van der Waals surface area contributed by atoms with E-state index in [1.54, 1.807) is 30.3 Å². The molecule has 172 valence electrons. The molecule has 1 atom stereocenters. The van der Waals surface area contributed by atoms with E-state index in [4.69, 9.17) is 9.47 Å². The molecule has 0 spiro atoms. The Morgan fingerprint density at radius 2 is 1.52 bits per heavy atom. The first-order valence-electron chi connectivity index (χ1n) is 10.6. The van der Waals surface area contributed by atoms with Gasteiger partial charge in [0.2, 0.25) is 0 Å². The Labute approximate surface area is 193 Å². The Morgan fingerprint density at radius 1 is 0.909 bits per heavy atom. The highest BCUT2D eigenvalue weighted by Gasteiger charge is 2.48. The van der Waals surface area contributed by atoms with E-state index >= 15 is 0 Å². The molecule has 8 heteroatoms. The number of ether oxygens (including phenoxy) is 2. The normalized spacial score (nSPS) is 18.6. The molecular formula is C25H25NO6S. The number of aryl methyl sites for hydroxylation is 1. The Kier molecular flexibility index (Phi) is 6.12. The average molecular weight is 468 g/mol. The highest BCUT2D eigenvalue weighted by molar-refractivity contribution is 7.89. The van der Waals surface area contributed by atoms with Crippen LogP contribution in [0.2, 0.25) is 0 Å². The number of methoxy groups -OCH3 is 2. The van der Waals surface area contributed by atoms with Crippen molar-refractivity contribution in [3.05, 3.63) is 83.1 Å². The molecule has 2 aromatic rings. The first-order valence-corrected chi connectivity index (χ1v) is 12.0. The number of nitrogens with zero attached hydrogens (tertiary/aromatic N) is 1. The summed E-state index contributed by atoms with van der Waals surface area (Å²) in [6.45, 7) is 1.86. The molecule has 0 N–H and O–H groups in total. The fourth-order valence-corrected chi connectivity index (χ4v) is 5.70. The molecule has 1 unspecified atom stereocenters. The van der Waals surface area contributed by atoms with Crippen LogP contribution in [0.1, 0.15) is 24.0 Å². The Hall–Kier alpha value is -3.39. The van der Waals surface area contributed by atoms with Crippen molar-refractivity contribution < 1.29 is 27.5 Å². The topological polar surface area (TPSA) is 90.0 Å². The second-order valence-corrected chi connectivity index (χ2v) is 9.91. The molecule has 1 saturated carbocycles. The van der Waals surface area contributed by atoms with Gasteiger partial charge in [0, 0.05) is 0 Å². The van der Waals surface area contributed by atoms with Crippen LogP contribution in [-0.2, 0) is 29.1 Å². The zero-order chi connectivity index (χ0) is 23.8. The van der Waals surface area contributed by atoms with E-state index < -0.39 is 28.0 Å². The number of hydrogen-bond donors (Lipinski definition) is 0. The molecule has 0 aromatic heterocycles. The van der Waals surface area contributed by atoms with E-state index in [0.29, 0.717) is 11.1 Å². The summed E-state index contributed by atoms with van der Waals surface area (Å²) < 4.78 is 38.8. The van der Waals surface area contributed by atoms with Gasteiger partial charge in [-0.05, 0) is 49.0 Å². The van der Waals surface area contributed by atoms with Crippen LogP contribution in [0, 0.1) is 12.8 Å². The zero-order valence-corrected chi connectivity index (χ0v) is 19.5. The van der Waals surface area contributed by atoms with E-state index in [1.165, 1.54) is 19.2 Å². The maximum atomic E-state index is 13.9. The van der Waals surface area contributed by atoms with Crippen LogP contribution in [0.25, 0.3) is 5.57 Å². The summed E-state index contributed by atoms with van der Waals surface area (Å²) >= 11 is 0. The highest BCUT2D eigenvalue weighted by Crippen LogP contribution is 2.46. The van der Waals surface area contributed by atoms with Gasteiger partial charge in [0.25, 0.3) is 10.0 Å². The fourth-order valence-electron chi connectivity index (χ4n) is 4.03. The van der Waals surface area contributed by atoms with Gasteiger partial charge in [0.05, 0.1) is 30.7 Å². The SMILES string of the molecule is COC(=O)C1=C(C(=O)OC)N(S(=O)(=O)c2ccc(C)cc2)C(C2CC2)C=C1c1ccccc1. The van der Waals surface area contributed by atoms with Gasteiger partial charge in [0.1, 0.15) is 0 Å². The van der Waals surface area contributed by atoms with Crippen molar-refractivity contribution in [1.82, 2.24) is 4.31 Å². The van der Waals surface area contributed by atoms with Crippen LogP contribution in [-0.4, -0.2) is 44.9 Å².